The second-order valence-electron chi connectivity index (χ2n) is 11.3. The van der Waals surface area contributed by atoms with E-state index in [1.165, 1.54) is 7.11 Å². The molecular formula is C34H34FeN4O3. The largest absolute Gasteiger partial charge is 2.00 e. The zero-order valence-corrected chi connectivity index (χ0v) is 26.0. The minimum Gasteiger partial charge on any atom is -0.657 e. The molecule has 8 bridgehead atoms. The number of Topliss-reactive ketones (excluding diaryl/α,β-unsaturated/α-hetero) is 1. The average molecular weight is 603 g/mol. The van der Waals surface area contributed by atoms with Gasteiger partial charge in [0.05, 0.1) is 18.5 Å². The summed E-state index contributed by atoms with van der Waals surface area (Å²) < 4.78 is 4.95. The van der Waals surface area contributed by atoms with Crippen LogP contribution in [0.1, 0.15) is 107 Å². The number of ketones is 1. The fourth-order valence-corrected chi connectivity index (χ4v) is 6.64. The fraction of sp³-hybridized carbons (Fsp3) is 0.353. The number of aryl methyl sites for hydroxylation is 2. The van der Waals surface area contributed by atoms with Crippen molar-refractivity contribution in [1.82, 2.24) is 19.9 Å². The zero-order chi connectivity index (χ0) is 29.2. The van der Waals surface area contributed by atoms with Gasteiger partial charge in [-0.3, -0.25) is 14.6 Å². The van der Waals surface area contributed by atoms with Gasteiger partial charge in [0.1, 0.15) is 0 Å². The van der Waals surface area contributed by atoms with Crippen molar-refractivity contribution < 1.29 is 31.4 Å². The van der Waals surface area contributed by atoms with Crippen molar-refractivity contribution in [2.75, 3.05) is 7.11 Å². The molecule has 42 heavy (non-hydrogen) atoms. The van der Waals surface area contributed by atoms with Crippen molar-refractivity contribution in [1.29, 1.82) is 0 Å². The summed E-state index contributed by atoms with van der Waals surface area (Å²) in [4.78, 5) is 45.8. The second-order valence-corrected chi connectivity index (χ2v) is 11.3. The van der Waals surface area contributed by atoms with Crippen LogP contribution in [0.4, 0.5) is 0 Å². The summed E-state index contributed by atoms with van der Waals surface area (Å²) in [5.74, 6) is -0.233. The van der Waals surface area contributed by atoms with Gasteiger partial charge >= 0.3 is 23.0 Å². The summed E-state index contributed by atoms with van der Waals surface area (Å²) in [6.07, 6.45) is 3.78. The van der Waals surface area contributed by atoms with Crippen molar-refractivity contribution in [2.45, 2.75) is 72.1 Å². The van der Waals surface area contributed by atoms with E-state index in [9.17, 15) is 9.59 Å². The predicted octanol–water partition coefficient (Wildman–Crippen LogP) is 6.75. The number of carbonyl (C=O) groups is 2. The Kier molecular flexibility index (Phi) is 7.90. The van der Waals surface area contributed by atoms with Crippen LogP contribution in [-0.2, 0) is 33.0 Å². The third kappa shape index (κ3) is 4.58. The molecule has 5 heterocycles. The molecule has 2 aliphatic heterocycles. The van der Waals surface area contributed by atoms with E-state index in [1.54, 1.807) is 0 Å². The number of hydrogen-bond donors (Lipinski definition) is 0. The standard InChI is InChI=1S/C34H35N4O3.Fe/c1-8-20-16(3)24-13-26-18(5)22(10-11-31(40)41-7)33(37-26)23-12-30(39)32-19(6)27(38-34(23)32)15-29-21(9-2)17(4)25(36-29)14-28(20)35-24;/h8,13-15,18,22H,1,9-12H2,2-7H3,(H-,35,36,37,38,39);/q-1;+2/p-1. The van der Waals surface area contributed by atoms with Crippen LogP contribution in [0.25, 0.3) is 39.3 Å². The number of fused-ring (bicyclic) bond motifs is 8. The molecule has 0 saturated heterocycles. The van der Waals surface area contributed by atoms with Crippen molar-refractivity contribution >= 4 is 51.0 Å². The summed E-state index contributed by atoms with van der Waals surface area (Å²) in [6.45, 7) is 14.4. The second kappa shape index (κ2) is 11.2. The van der Waals surface area contributed by atoms with Gasteiger partial charge in [-0.25, -0.2) is 4.98 Å². The maximum atomic E-state index is 13.4. The molecule has 1 aliphatic carbocycles. The molecule has 0 amide bonds. The smallest absolute Gasteiger partial charge is 0.657 e. The van der Waals surface area contributed by atoms with Gasteiger partial charge in [-0.2, -0.15) is 0 Å². The number of allylic oxidation sites excluding steroid dienone is 2. The molecule has 3 aliphatic rings. The first-order valence-electron chi connectivity index (χ1n) is 14.3. The van der Waals surface area contributed by atoms with Crippen LogP contribution in [0.3, 0.4) is 0 Å². The van der Waals surface area contributed by atoms with E-state index in [-0.39, 0.29) is 53.5 Å². The number of nitrogens with zero attached hydrogens (tertiary/aromatic N) is 4. The molecule has 6 rings (SSSR count). The Bertz CT molecular complexity index is 1860. The summed E-state index contributed by atoms with van der Waals surface area (Å²) in [5, 5.41) is 0. The van der Waals surface area contributed by atoms with Crippen molar-refractivity contribution in [3.05, 3.63) is 75.4 Å². The van der Waals surface area contributed by atoms with Crippen LogP contribution in [0.15, 0.2) is 24.8 Å². The predicted molar refractivity (Wildman–Crippen MR) is 162 cm³/mol. The van der Waals surface area contributed by atoms with Crippen molar-refractivity contribution in [3.8, 4) is 0 Å². The number of rotatable bonds is 5. The number of hydrogen-bond acceptors (Lipinski definition) is 5. The first kappa shape index (κ1) is 29.7. The molecular weight excluding hydrogens is 568 g/mol. The van der Waals surface area contributed by atoms with Crippen LogP contribution in [0.2, 0.25) is 0 Å². The van der Waals surface area contributed by atoms with Gasteiger partial charge in [0, 0.05) is 41.6 Å². The van der Waals surface area contributed by atoms with Crippen molar-refractivity contribution in [2.24, 2.45) is 0 Å². The van der Waals surface area contributed by atoms with E-state index in [2.05, 4.69) is 34.3 Å². The number of ether oxygens (including phenoxy) is 1. The Morgan fingerprint density at radius 3 is 2.48 bits per heavy atom. The van der Waals surface area contributed by atoms with Crippen LogP contribution < -0.4 is 9.97 Å². The first-order valence-corrected chi connectivity index (χ1v) is 14.3. The monoisotopic (exact) mass is 602 g/mol. The topological polar surface area (TPSA) is 97.4 Å². The van der Waals surface area contributed by atoms with E-state index in [4.69, 9.17) is 24.7 Å². The van der Waals surface area contributed by atoms with Crippen LogP contribution >= 0.6 is 0 Å². The van der Waals surface area contributed by atoms with Crippen molar-refractivity contribution in [3.63, 3.8) is 0 Å². The van der Waals surface area contributed by atoms with Gasteiger partial charge in [-0.15, -0.1) is 22.1 Å². The average Bonchev–Trinajstić information content (AvgIpc) is 3.70. The molecule has 3 aromatic rings. The third-order valence-electron chi connectivity index (χ3n) is 9.08. The molecule has 0 spiro atoms. The molecule has 8 heteroatoms. The Morgan fingerprint density at radius 1 is 1.07 bits per heavy atom. The van der Waals surface area contributed by atoms with Gasteiger partial charge in [-0.05, 0) is 55.9 Å². The number of carbonyl (C=O) groups excluding carboxylic acids is 2. The molecule has 0 saturated carbocycles. The van der Waals surface area contributed by atoms with Gasteiger partial charge in [0.25, 0.3) is 0 Å². The van der Waals surface area contributed by atoms with E-state index < -0.39 is 0 Å². The molecule has 3 aromatic heterocycles. The number of esters is 1. The van der Waals surface area contributed by atoms with Crippen LogP contribution in [0, 0.1) is 13.8 Å². The minimum absolute atomic E-state index is 0. The maximum absolute atomic E-state index is 13.4. The van der Waals surface area contributed by atoms with E-state index in [0.29, 0.717) is 17.5 Å². The number of methoxy groups -OCH3 is 1. The van der Waals surface area contributed by atoms with E-state index in [1.807, 2.05) is 31.2 Å². The maximum Gasteiger partial charge on any atom is 2.00 e. The summed E-state index contributed by atoms with van der Waals surface area (Å²) in [6, 6.07) is 6.09. The fourth-order valence-electron chi connectivity index (χ4n) is 6.64. The molecule has 0 radical (unpaired) electrons. The molecule has 7 nitrogen and oxygen atoms in total. The van der Waals surface area contributed by atoms with E-state index >= 15 is 0 Å². The summed E-state index contributed by atoms with van der Waals surface area (Å²) in [5.41, 5.74) is 13.3. The zero-order valence-electron chi connectivity index (χ0n) is 24.9. The summed E-state index contributed by atoms with van der Waals surface area (Å²) in [7, 11) is 1.41. The summed E-state index contributed by atoms with van der Waals surface area (Å²) >= 11 is 0. The minimum atomic E-state index is -0.257. The Morgan fingerprint density at radius 2 is 1.79 bits per heavy atom. The van der Waals surface area contributed by atoms with Gasteiger partial charge in [0.15, 0.2) is 5.78 Å². The van der Waals surface area contributed by atoms with Gasteiger partial charge in [0.2, 0.25) is 0 Å². The Labute approximate surface area is 256 Å². The molecule has 2 atom stereocenters. The molecule has 0 N–H and O–H groups in total. The molecule has 2 unspecified atom stereocenters. The third-order valence-corrected chi connectivity index (χ3v) is 9.08. The normalized spacial score (nSPS) is 17.4. The Balaban J connectivity index is 0.00000353. The first-order chi connectivity index (χ1) is 19.7. The van der Waals surface area contributed by atoms with Crippen LogP contribution in [0.5, 0.6) is 0 Å². The molecule has 0 fully saturated rings. The van der Waals surface area contributed by atoms with Gasteiger partial charge < -0.3 is 14.7 Å². The molecule has 216 valence electrons. The van der Waals surface area contributed by atoms with Crippen LogP contribution in [-0.4, -0.2) is 28.8 Å². The SMILES string of the molecule is C=Cc1c(C)c2cc3nc(c4c5[n-]c(cc6nc(cc1[n-]2)C(C)=C6CC)c(C)c5C(=O)C4)C(CCC(=O)OC)C3C.[Fe+2]. The molecule has 0 aromatic carbocycles. The number of aromatic nitrogens is 4. The Hall–Kier alpha value is -3.74. The van der Waals surface area contributed by atoms with Gasteiger partial charge in [-0.1, -0.05) is 55.8 Å². The van der Waals surface area contributed by atoms with E-state index in [0.717, 1.165) is 79.1 Å². The quantitative estimate of drug-likeness (QED) is 0.235.